The molecule has 106 valence electrons. The van der Waals surface area contributed by atoms with E-state index in [1.165, 1.54) is 0 Å². The van der Waals surface area contributed by atoms with E-state index in [4.69, 9.17) is 4.74 Å². The van der Waals surface area contributed by atoms with Crippen molar-refractivity contribution >= 4 is 0 Å². The Morgan fingerprint density at radius 3 is 2.53 bits per heavy atom. The summed E-state index contributed by atoms with van der Waals surface area (Å²) in [5.41, 5.74) is 0.231. The van der Waals surface area contributed by atoms with E-state index in [-0.39, 0.29) is 0 Å². The number of likely N-dealkylation sites (tertiary alicyclic amines) is 1. The Hall–Kier alpha value is -1.06. The summed E-state index contributed by atoms with van der Waals surface area (Å²) in [6, 6.07) is 7.93. The van der Waals surface area contributed by atoms with Gasteiger partial charge in [-0.25, -0.2) is 0 Å². The van der Waals surface area contributed by atoms with Gasteiger partial charge in [0.2, 0.25) is 0 Å². The number of piperidine rings is 1. The molecular formula is C16H25NO2. The molecule has 0 saturated carbocycles. The average Bonchev–Trinajstić information content (AvgIpc) is 2.46. The molecule has 1 aliphatic rings. The van der Waals surface area contributed by atoms with Crippen molar-refractivity contribution in [2.75, 3.05) is 26.2 Å². The minimum Gasteiger partial charge on any atom is -0.493 e. The van der Waals surface area contributed by atoms with E-state index in [1.807, 2.05) is 24.3 Å². The summed E-state index contributed by atoms with van der Waals surface area (Å²) in [4.78, 5) is 2.38. The average molecular weight is 263 g/mol. The highest BCUT2D eigenvalue weighted by Crippen LogP contribution is 2.37. The molecule has 0 bridgehead atoms. The van der Waals surface area contributed by atoms with Gasteiger partial charge in [0.1, 0.15) is 5.75 Å². The Balaban J connectivity index is 2.16. The Kier molecular flexibility index (Phi) is 4.83. The molecule has 0 atom stereocenters. The first-order valence-corrected chi connectivity index (χ1v) is 7.36. The first-order valence-electron chi connectivity index (χ1n) is 7.36. The number of para-hydroxylation sites is 1. The predicted molar refractivity (Wildman–Crippen MR) is 77.5 cm³/mol. The van der Waals surface area contributed by atoms with Crippen molar-refractivity contribution in [3.05, 3.63) is 29.8 Å². The van der Waals surface area contributed by atoms with E-state index in [2.05, 4.69) is 18.7 Å². The first-order chi connectivity index (χ1) is 9.19. The zero-order valence-electron chi connectivity index (χ0n) is 12.1. The largest absolute Gasteiger partial charge is 0.493 e. The van der Waals surface area contributed by atoms with E-state index in [0.29, 0.717) is 6.61 Å². The molecule has 0 radical (unpaired) electrons. The van der Waals surface area contributed by atoms with Gasteiger partial charge in [-0.3, -0.25) is 0 Å². The van der Waals surface area contributed by atoms with Crippen molar-refractivity contribution in [3.8, 4) is 5.75 Å². The molecule has 1 aromatic carbocycles. The molecule has 0 amide bonds. The van der Waals surface area contributed by atoms with E-state index in [0.717, 1.165) is 50.2 Å². The van der Waals surface area contributed by atoms with Gasteiger partial charge in [0.15, 0.2) is 0 Å². The van der Waals surface area contributed by atoms with Gasteiger partial charge in [-0.2, -0.15) is 0 Å². The number of benzene rings is 1. The molecule has 0 aromatic heterocycles. The Bertz CT molecular complexity index is 397. The van der Waals surface area contributed by atoms with Gasteiger partial charge in [0, 0.05) is 18.7 Å². The number of nitrogens with zero attached hydrogens (tertiary/aromatic N) is 1. The monoisotopic (exact) mass is 263 g/mol. The second kappa shape index (κ2) is 6.40. The Labute approximate surface area is 116 Å². The van der Waals surface area contributed by atoms with Crippen molar-refractivity contribution in [2.24, 2.45) is 0 Å². The summed E-state index contributed by atoms with van der Waals surface area (Å²) in [7, 11) is 0. The molecule has 0 aliphatic carbocycles. The quantitative estimate of drug-likeness (QED) is 0.886. The van der Waals surface area contributed by atoms with Gasteiger partial charge in [-0.1, -0.05) is 32.0 Å². The molecule has 0 spiro atoms. The third-order valence-corrected chi connectivity index (χ3v) is 3.98. The fourth-order valence-corrected chi connectivity index (χ4v) is 2.70. The number of rotatable bonds is 5. The molecule has 1 N–H and O–H groups in total. The lowest BCUT2D eigenvalue weighted by Crippen LogP contribution is -2.42. The van der Waals surface area contributed by atoms with Crippen LogP contribution in [0.15, 0.2) is 24.3 Å². The normalized spacial score (nSPS) is 19.3. The number of ether oxygens (including phenoxy) is 1. The van der Waals surface area contributed by atoms with Crippen LogP contribution in [0.25, 0.3) is 0 Å². The molecular weight excluding hydrogens is 238 g/mol. The first kappa shape index (κ1) is 14.4. The molecule has 1 fully saturated rings. The maximum Gasteiger partial charge on any atom is 0.125 e. The van der Waals surface area contributed by atoms with Crippen LogP contribution in [-0.2, 0) is 5.60 Å². The van der Waals surface area contributed by atoms with Crippen LogP contribution in [-0.4, -0.2) is 36.2 Å². The van der Waals surface area contributed by atoms with Crippen LogP contribution >= 0.6 is 0 Å². The lowest BCUT2D eigenvalue weighted by molar-refractivity contribution is -0.0265. The topological polar surface area (TPSA) is 32.7 Å². The molecule has 3 heteroatoms. The summed E-state index contributed by atoms with van der Waals surface area (Å²) < 4.78 is 5.78. The summed E-state index contributed by atoms with van der Waals surface area (Å²) >= 11 is 0. The molecule has 1 aromatic rings. The highest BCUT2D eigenvalue weighted by Gasteiger charge is 2.35. The zero-order chi connectivity index (χ0) is 13.7. The number of aliphatic hydroxyl groups is 1. The van der Waals surface area contributed by atoms with Crippen molar-refractivity contribution in [1.82, 2.24) is 4.90 Å². The molecule has 1 saturated heterocycles. The number of hydrogen-bond acceptors (Lipinski definition) is 3. The Morgan fingerprint density at radius 2 is 1.89 bits per heavy atom. The number of hydrogen-bond donors (Lipinski definition) is 1. The van der Waals surface area contributed by atoms with Gasteiger partial charge >= 0.3 is 0 Å². The fourth-order valence-electron chi connectivity index (χ4n) is 2.70. The van der Waals surface area contributed by atoms with Crippen LogP contribution in [0.1, 0.15) is 38.7 Å². The summed E-state index contributed by atoms with van der Waals surface area (Å²) in [6.45, 7) is 7.93. The van der Waals surface area contributed by atoms with Crippen LogP contribution in [0, 0.1) is 0 Å². The fraction of sp³-hybridized carbons (Fsp3) is 0.625. The third kappa shape index (κ3) is 3.28. The molecule has 3 nitrogen and oxygen atoms in total. The van der Waals surface area contributed by atoms with Gasteiger partial charge in [-0.15, -0.1) is 0 Å². The van der Waals surface area contributed by atoms with E-state index >= 15 is 0 Å². The lowest BCUT2D eigenvalue weighted by atomic mass is 9.84. The van der Waals surface area contributed by atoms with Gasteiger partial charge in [-0.05, 0) is 31.9 Å². The van der Waals surface area contributed by atoms with E-state index in [9.17, 15) is 5.11 Å². The summed E-state index contributed by atoms with van der Waals surface area (Å²) in [6.07, 6.45) is 2.55. The summed E-state index contributed by atoms with van der Waals surface area (Å²) in [5.74, 6) is 0.844. The predicted octanol–water partition coefficient (Wildman–Crippen LogP) is 2.78. The zero-order valence-corrected chi connectivity index (χ0v) is 12.1. The van der Waals surface area contributed by atoms with Gasteiger partial charge < -0.3 is 14.7 Å². The van der Waals surface area contributed by atoms with Crippen molar-refractivity contribution in [2.45, 2.75) is 38.7 Å². The van der Waals surface area contributed by atoms with Crippen molar-refractivity contribution < 1.29 is 9.84 Å². The standard InChI is InChI=1S/C16H25NO2/c1-3-13-19-15-8-6-5-7-14(15)16(18)9-11-17(4-2)12-10-16/h5-8,18H,3-4,9-13H2,1-2H3. The second-order valence-corrected chi connectivity index (χ2v) is 5.31. The molecule has 2 rings (SSSR count). The second-order valence-electron chi connectivity index (χ2n) is 5.31. The van der Waals surface area contributed by atoms with E-state index < -0.39 is 5.60 Å². The highest BCUT2D eigenvalue weighted by molar-refractivity contribution is 5.38. The van der Waals surface area contributed by atoms with E-state index in [1.54, 1.807) is 0 Å². The van der Waals surface area contributed by atoms with Crippen LogP contribution in [0.4, 0.5) is 0 Å². The van der Waals surface area contributed by atoms with Gasteiger partial charge in [0.25, 0.3) is 0 Å². The maximum atomic E-state index is 10.9. The van der Waals surface area contributed by atoms with Crippen LogP contribution in [0.3, 0.4) is 0 Å². The van der Waals surface area contributed by atoms with Crippen LogP contribution < -0.4 is 4.74 Å². The van der Waals surface area contributed by atoms with Crippen LogP contribution in [0.2, 0.25) is 0 Å². The van der Waals surface area contributed by atoms with Crippen LogP contribution in [0.5, 0.6) is 5.75 Å². The molecule has 0 unspecified atom stereocenters. The van der Waals surface area contributed by atoms with Gasteiger partial charge in [0.05, 0.1) is 12.2 Å². The minimum absolute atomic E-state index is 0.703. The van der Waals surface area contributed by atoms with Crippen molar-refractivity contribution in [3.63, 3.8) is 0 Å². The SMILES string of the molecule is CCCOc1ccccc1C1(O)CCN(CC)CC1. The summed E-state index contributed by atoms with van der Waals surface area (Å²) in [5, 5.41) is 10.9. The smallest absolute Gasteiger partial charge is 0.125 e. The Morgan fingerprint density at radius 1 is 1.21 bits per heavy atom. The lowest BCUT2D eigenvalue weighted by Gasteiger charge is -2.38. The maximum absolute atomic E-state index is 10.9. The molecule has 1 heterocycles. The van der Waals surface area contributed by atoms with Crippen molar-refractivity contribution in [1.29, 1.82) is 0 Å². The molecule has 1 aliphatic heterocycles. The third-order valence-electron chi connectivity index (χ3n) is 3.98. The minimum atomic E-state index is -0.726. The highest BCUT2D eigenvalue weighted by atomic mass is 16.5. The molecule has 19 heavy (non-hydrogen) atoms.